The number of nitrogens with zero attached hydrogens (tertiary/aromatic N) is 3. The van der Waals surface area contributed by atoms with Gasteiger partial charge in [0.1, 0.15) is 0 Å². The lowest BCUT2D eigenvalue weighted by molar-refractivity contribution is 0.514. The van der Waals surface area contributed by atoms with E-state index in [1.165, 1.54) is 11.3 Å². The molecule has 0 radical (unpaired) electrons. The molecule has 6 nitrogen and oxygen atoms in total. The molecule has 0 bridgehead atoms. The minimum absolute atomic E-state index is 0.326. The first kappa shape index (κ1) is 14.9. The van der Waals surface area contributed by atoms with Gasteiger partial charge in [0, 0.05) is 18.8 Å². The Morgan fingerprint density at radius 3 is 3.14 bits per heavy atom. The van der Waals surface area contributed by atoms with Crippen LogP contribution in [0.15, 0.2) is 50.5 Å². The van der Waals surface area contributed by atoms with Gasteiger partial charge in [0.25, 0.3) is 0 Å². The van der Waals surface area contributed by atoms with Crippen LogP contribution in [0.5, 0.6) is 0 Å². The Hall–Kier alpha value is -2.06. The molecule has 0 aliphatic carbocycles. The number of benzene rings is 1. The molecular weight excluding hydrogens is 320 g/mol. The van der Waals surface area contributed by atoms with E-state index in [0.717, 1.165) is 20.7 Å². The summed E-state index contributed by atoms with van der Waals surface area (Å²) in [5.41, 5.74) is 1.43. The number of hydrogen-bond donors (Lipinski definition) is 1. The van der Waals surface area contributed by atoms with Crippen LogP contribution in [0, 0.1) is 0 Å². The average molecular weight is 334 g/mol. The van der Waals surface area contributed by atoms with E-state index in [2.05, 4.69) is 22.1 Å². The molecule has 3 rings (SSSR count). The fourth-order valence-corrected chi connectivity index (χ4v) is 3.70. The lowest BCUT2D eigenvalue weighted by Crippen LogP contribution is -2.15. The minimum Gasteiger partial charge on any atom is -0.408 e. The predicted molar refractivity (Wildman–Crippen MR) is 89.8 cm³/mol. The van der Waals surface area contributed by atoms with Gasteiger partial charge >= 0.3 is 5.76 Å². The number of fused-ring (bicyclic) bond motifs is 1. The number of anilines is 1. The molecule has 1 aromatic carbocycles. The van der Waals surface area contributed by atoms with Crippen molar-refractivity contribution in [3.63, 3.8) is 0 Å². The Morgan fingerprint density at radius 2 is 2.27 bits per heavy atom. The van der Waals surface area contributed by atoms with Crippen LogP contribution in [0.2, 0.25) is 0 Å². The van der Waals surface area contributed by atoms with Gasteiger partial charge in [0.2, 0.25) is 5.13 Å². The third-order valence-electron chi connectivity index (χ3n) is 2.92. The van der Waals surface area contributed by atoms with Gasteiger partial charge in [-0.05, 0) is 12.1 Å². The number of rotatable bonds is 7. The molecule has 0 aliphatic heterocycles. The van der Waals surface area contributed by atoms with Gasteiger partial charge in [-0.25, -0.2) is 4.79 Å². The third kappa shape index (κ3) is 3.23. The first-order chi connectivity index (χ1) is 10.8. The number of aromatic nitrogens is 3. The van der Waals surface area contributed by atoms with Crippen LogP contribution in [0.25, 0.3) is 11.1 Å². The summed E-state index contributed by atoms with van der Waals surface area (Å²) in [4.78, 5) is 11.8. The zero-order chi connectivity index (χ0) is 15.4. The highest BCUT2D eigenvalue weighted by Gasteiger charge is 2.09. The molecule has 0 saturated heterocycles. The maximum absolute atomic E-state index is 11.8. The Labute approximate surface area is 134 Å². The van der Waals surface area contributed by atoms with Crippen molar-refractivity contribution in [1.82, 2.24) is 14.8 Å². The van der Waals surface area contributed by atoms with Gasteiger partial charge in [0.15, 0.2) is 9.92 Å². The zero-order valence-electron chi connectivity index (χ0n) is 11.7. The molecule has 0 amide bonds. The molecule has 0 atom stereocenters. The second-order valence-corrected chi connectivity index (χ2v) is 6.70. The Kier molecular flexibility index (Phi) is 4.59. The summed E-state index contributed by atoms with van der Waals surface area (Å²) in [6, 6.07) is 7.42. The predicted octanol–water partition coefficient (Wildman–Crippen LogP) is 2.84. The number of oxazole rings is 1. The number of nitrogens with one attached hydrogen (secondary N) is 1. The Bertz CT molecular complexity index is 837. The molecule has 0 spiro atoms. The summed E-state index contributed by atoms with van der Waals surface area (Å²) >= 11 is 3.06. The topological polar surface area (TPSA) is 73.0 Å². The van der Waals surface area contributed by atoms with E-state index >= 15 is 0 Å². The van der Waals surface area contributed by atoms with E-state index in [1.807, 2.05) is 18.2 Å². The molecule has 1 N–H and O–H groups in total. The van der Waals surface area contributed by atoms with E-state index < -0.39 is 0 Å². The second-order valence-electron chi connectivity index (χ2n) is 4.38. The van der Waals surface area contributed by atoms with Gasteiger partial charge < -0.3 is 9.73 Å². The van der Waals surface area contributed by atoms with Gasteiger partial charge in [-0.15, -0.1) is 16.8 Å². The molecule has 22 heavy (non-hydrogen) atoms. The van der Waals surface area contributed by atoms with Gasteiger partial charge in [-0.1, -0.05) is 41.3 Å². The zero-order valence-corrected chi connectivity index (χ0v) is 13.3. The molecule has 0 unspecified atom stereocenters. The summed E-state index contributed by atoms with van der Waals surface area (Å²) in [5.74, 6) is 0.395. The second kappa shape index (κ2) is 6.80. The van der Waals surface area contributed by atoms with Crippen LogP contribution >= 0.6 is 23.1 Å². The van der Waals surface area contributed by atoms with Crippen molar-refractivity contribution in [3.8, 4) is 0 Å². The van der Waals surface area contributed by atoms with Crippen molar-refractivity contribution in [2.45, 2.75) is 10.9 Å². The van der Waals surface area contributed by atoms with Crippen molar-refractivity contribution in [2.75, 3.05) is 17.6 Å². The van der Waals surface area contributed by atoms with Gasteiger partial charge in [-0.2, -0.15) is 0 Å². The van der Waals surface area contributed by atoms with Gasteiger partial charge in [0.05, 0.1) is 5.52 Å². The summed E-state index contributed by atoms with van der Waals surface area (Å²) in [7, 11) is 0. The fraction of sp³-hybridized carbons (Fsp3) is 0.214. The molecule has 2 heterocycles. The number of thioether (sulfide) groups is 1. The normalized spacial score (nSPS) is 10.9. The largest absolute Gasteiger partial charge is 0.419 e. The number of aryl methyl sites for hydroxylation is 1. The monoisotopic (exact) mass is 334 g/mol. The van der Waals surface area contributed by atoms with Crippen molar-refractivity contribution in [2.24, 2.45) is 0 Å². The van der Waals surface area contributed by atoms with Crippen LogP contribution < -0.4 is 11.1 Å². The maximum atomic E-state index is 11.8. The molecule has 2 aromatic heterocycles. The van der Waals surface area contributed by atoms with Crippen molar-refractivity contribution in [1.29, 1.82) is 0 Å². The van der Waals surface area contributed by atoms with Crippen molar-refractivity contribution >= 4 is 39.3 Å². The highest BCUT2D eigenvalue weighted by molar-refractivity contribution is 8.01. The highest BCUT2D eigenvalue weighted by atomic mass is 32.2. The van der Waals surface area contributed by atoms with Crippen LogP contribution in [0.3, 0.4) is 0 Å². The van der Waals surface area contributed by atoms with E-state index in [4.69, 9.17) is 4.42 Å². The van der Waals surface area contributed by atoms with E-state index in [0.29, 0.717) is 18.7 Å². The quantitative estimate of drug-likeness (QED) is 0.529. The van der Waals surface area contributed by atoms with E-state index in [9.17, 15) is 4.79 Å². The average Bonchev–Trinajstić information content (AvgIpc) is 3.10. The number of hydrogen-bond acceptors (Lipinski definition) is 7. The molecular formula is C14H14N4O2S2. The summed E-state index contributed by atoms with van der Waals surface area (Å²) in [5, 5.41) is 12.0. The summed E-state index contributed by atoms with van der Waals surface area (Å²) < 4.78 is 7.71. The van der Waals surface area contributed by atoms with Gasteiger partial charge in [-0.3, -0.25) is 4.57 Å². The molecule has 3 aromatic rings. The Balaban J connectivity index is 1.62. The first-order valence-corrected chi connectivity index (χ1v) is 8.47. The van der Waals surface area contributed by atoms with E-state index in [1.54, 1.807) is 28.5 Å². The van der Waals surface area contributed by atoms with Crippen molar-refractivity contribution in [3.05, 3.63) is 47.5 Å². The fourth-order valence-electron chi connectivity index (χ4n) is 1.95. The molecule has 0 aliphatic rings. The van der Waals surface area contributed by atoms with Crippen LogP contribution in [0.1, 0.15) is 0 Å². The SMILES string of the molecule is C=CCNc1nnc(SCCn2c(=O)oc3ccccc32)s1. The van der Waals surface area contributed by atoms with Crippen molar-refractivity contribution < 1.29 is 4.42 Å². The van der Waals surface area contributed by atoms with Crippen LogP contribution in [0.4, 0.5) is 5.13 Å². The molecule has 8 heteroatoms. The lowest BCUT2D eigenvalue weighted by Gasteiger charge is -2.00. The highest BCUT2D eigenvalue weighted by Crippen LogP contribution is 2.25. The number of para-hydroxylation sites is 2. The molecule has 0 saturated carbocycles. The lowest BCUT2D eigenvalue weighted by atomic mass is 10.3. The summed E-state index contributed by atoms with van der Waals surface area (Å²) in [6.45, 7) is 4.87. The minimum atomic E-state index is -0.326. The first-order valence-electron chi connectivity index (χ1n) is 6.67. The summed E-state index contributed by atoms with van der Waals surface area (Å²) in [6.07, 6.45) is 1.77. The third-order valence-corrected chi connectivity index (χ3v) is 4.91. The molecule has 114 valence electrons. The smallest absolute Gasteiger partial charge is 0.408 e. The standard InChI is InChI=1S/C14H14N4O2S2/c1-2-7-15-12-16-17-13(22-12)21-9-8-18-10-5-3-4-6-11(10)20-14(18)19/h2-6H,1,7-9H2,(H,15,16). The molecule has 0 fully saturated rings. The maximum Gasteiger partial charge on any atom is 0.419 e. The van der Waals surface area contributed by atoms with Crippen LogP contribution in [-0.2, 0) is 6.54 Å². The van der Waals surface area contributed by atoms with E-state index in [-0.39, 0.29) is 5.76 Å². The van der Waals surface area contributed by atoms with Crippen LogP contribution in [-0.4, -0.2) is 27.1 Å². The Morgan fingerprint density at radius 1 is 1.41 bits per heavy atom.